The van der Waals surface area contributed by atoms with Crippen molar-refractivity contribution in [2.75, 3.05) is 4.72 Å². The zero-order valence-corrected chi connectivity index (χ0v) is 10.5. The maximum absolute atomic E-state index is 12.0. The molecule has 0 saturated carbocycles. The summed E-state index contributed by atoms with van der Waals surface area (Å²) >= 11 is 5.78. The Kier molecular flexibility index (Phi) is 3.08. The Morgan fingerprint density at radius 3 is 2.76 bits per heavy atom. The lowest BCUT2D eigenvalue weighted by molar-refractivity contribution is 0.600. The third-order valence-corrected chi connectivity index (χ3v) is 3.95. The average molecular weight is 272 g/mol. The molecule has 1 aromatic carbocycles. The van der Waals surface area contributed by atoms with E-state index in [1.807, 2.05) is 0 Å². The predicted molar refractivity (Wildman–Crippen MR) is 65.6 cm³/mol. The monoisotopic (exact) mass is 271 g/mol. The molecule has 0 unspecified atom stereocenters. The van der Waals surface area contributed by atoms with Crippen LogP contribution >= 0.6 is 11.6 Å². The minimum atomic E-state index is -3.60. The Bertz CT molecular complexity index is 623. The second kappa shape index (κ2) is 4.38. The number of benzene rings is 1. The van der Waals surface area contributed by atoms with Crippen molar-refractivity contribution in [3.63, 3.8) is 0 Å². The molecule has 2 N–H and O–H groups in total. The van der Waals surface area contributed by atoms with Gasteiger partial charge >= 0.3 is 0 Å². The van der Waals surface area contributed by atoms with E-state index in [9.17, 15) is 8.42 Å². The lowest BCUT2D eigenvalue weighted by Crippen LogP contribution is -2.13. The summed E-state index contributed by atoms with van der Waals surface area (Å²) < 4.78 is 26.5. The normalized spacial score (nSPS) is 11.4. The van der Waals surface area contributed by atoms with Crippen LogP contribution < -0.4 is 4.72 Å². The van der Waals surface area contributed by atoms with Gasteiger partial charge in [0.1, 0.15) is 0 Å². The van der Waals surface area contributed by atoms with Crippen molar-refractivity contribution >= 4 is 27.3 Å². The molecule has 0 aliphatic rings. The fourth-order valence-corrected chi connectivity index (χ4v) is 2.92. The second-order valence-corrected chi connectivity index (χ2v) is 5.59. The highest BCUT2D eigenvalue weighted by Crippen LogP contribution is 2.21. The van der Waals surface area contributed by atoms with Gasteiger partial charge in [0.25, 0.3) is 10.0 Å². The van der Waals surface area contributed by atoms with E-state index >= 15 is 0 Å². The number of halogens is 1. The molecule has 5 nitrogen and oxygen atoms in total. The smallest absolute Gasteiger partial charge is 0.262 e. The summed E-state index contributed by atoms with van der Waals surface area (Å²) in [5.74, 6) is 0. The Balaban J connectivity index is 2.38. The second-order valence-electron chi connectivity index (χ2n) is 3.50. The molecule has 0 radical (unpaired) electrons. The van der Waals surface area contributed by atoms with Gasteiger partial charge in [-0.3, -0.25) is 9.82 Å². The number of aromatic amines is 1. The fraction of sp³-hybridized carbons (Fsp3) is 0.100. The molecule has 90 valence electrons. The summed E-state index contributed by atoms with van der Waals surface area (Å²) in [5.41, 5.74) is 0.979. The van der Waals surface area contributed by atoms with Gasteiger partial charge in [-0.15, -0.1) is 0 Å². The van der Waals surface area contributed by atoms with Crippen LogP contribution in [0.25, 0.3) is 0 Å². The van der Waals surface area contributed by atoms with Crippen molar-refractivity contribution in [2.24, 2.45) is 0 Å². The Morgan fingerprint density at radius 2 is 2.18 bits per heavy atom. The number of hydrogen-bond donors (Lipinski definition) is 2. The molecule has 2 rings (SSSR count). The molecule has 0 spiro atoms. The van der Waals surface area contributed by atoms with Gasteiger partial charge in [-0.25, -0.2) is 8.42 Å². The van der Waals surface area contributed by atoms with Crippen LogP contribution in [0.5, 0.6) is 0 Å². The predicted octanol–water partition coefficient (Wildman–Crippen LogP) is 2.17. The maximum Gasteiger partial charge on any atom is 0.262 e. The third-order valence-electron chi connectivity index (χ3n) is 2.18. The van der Waals surface area contributed by atoms with E-state index in [0.717, 1.165) is 0 Å². The van der Waals surface area contributed by atoms with Crippen LogP contribution in [0, 0.1) is 6.92 Å². The molecule has 1 heterocycles. The average Bonchev–Trinajstić information content (AvgIpc) is 2.68. The summed E-state index contributed by atoms with van der Waals surface area (Å²) in [4.78, 5) is 0.197. The van der Waals surface area contributed by atoms with E-state index in [0.29, 0.717) is 16.3 Å². The minimum absolute atomic E-state index is 0.197. The van der Waals surface area contributed by atoms with Crippen molar-refractivity contribution in [1.82, 2.24) is 10.2 Å². The van der Waals surface area contributed by atoms with E-state index in [4.69, 9.17) is 11.6 Å². The number of sulfonamides is 1. The number of H-pyrrole nitrogens is 1. The van der Waals surface area contributed by atoms with Gasteiger partial charge in [0.15, 0.2) is 0 Å². The molecule has 1 aromatic heterocycles. The molecule has 0 amide bonds. The van der Waals surface area contributed by atoms with Crippen molar-refractivity contribution in [1.29, 1.82) is 0 Å². The lowest BCUT2D eigenvalue weighted by Gasteiger charge is -2.08. The van der Waals surface area contributed by atoms with Crippen molar-refractivity contribution in [2.45, 2.75) is 11.8 Å². The van der Waals surface area contributed by atoms with Gasteiger partial charge in [0.05, 0.1) is 16.8 Å². The van der Waals surface area contributed by atoms with Gasteiger partial charge in [-0.2, -0.15) is 5.10 Å². The van der Waals surface area contributed by atoms with Gasteiger partial charge in [-0.1, -0.05) is 11.6 Å². The third kappa shape index (κ3) is 2.59. The Morgan fingerprint density at radius 1 is 1.41 bits per heavy atom. The van der Waals surface area contributed by atoms with Gasteiger partial charge < -0.3 is 0 Å². The summed E-state index contributed by atoms with van der Waals surface area (Å²) in [5, 5.41) is 6.70. The molecule has 0 fully saturated rings. The van der Waals surface area contributed by atoms with E-state index < -0.39 is 10.0 Å². The molecule has 0 saturated heterocycles. The van der Waals surface area contributed by atoms with Crippen molar-refractivity contribution < 1.29 is 8.42 Å². The number of anilines is 1. The van der Waals surface area contributed by atoms with Crippen LogP contribution in [0.1, 0.15) is 5.56 Å². The first-order valence-corrected chi connectivity index (χ1v) is 6.63. The number of aryl methyl sites for hydroxylation is 1. The van der Waals surface area contributed by atoms with Gasteiger partial charge in [0, 0.05) is 11.2 Å². The summed E-state index contributed by atoms with van der Waals surface area (Å²) in [6.07, 6.45) is 2.85. The number of hydrogen-bond acceptors (Lipinski definition) is 3. The molecule has 17 heavy (non-hydrogen) atoms. The van der Waals surface area contributed by atoms with Gasteiger partial charge in [0.2, 0.25) is 0 Å². The van der Waals surface area contributed by atoms with Crippen LogP contribution in [0.3, 0.4) is 0 Å². The van der Waals surface area contributed by atoms with Crippen molar-refractivity contribution in [3.8, 4) is 0 Å². The van der Waals surface area contributed by atoms with Crippen LogP contribution in [0.2, 0.25) is 5.02 Å². The van der Waals surface area contributed by atoms with Crippen LogP contribution in [0.15, 0.2) is 35.5 Å². The van der Waals surface area contributed by atoms with E-state index in [1.54, 1.807) is 19.1 Å². The topological polar surface area (TPSA) is 74.8 Å². The molecular formula is C10H10ClN3O2S. The van der Waals surface area contributed by atoms with Gasteiger partial charge in [-0.05, 0) is 30.7 Å². The zero-order valence-electron chi connectivity index (χ0n) is 8.94. The molecule has 0 bridgehead atoms. The largest absolute Gasteiger partial charge is 0.284 e. The van der Waals surface area contributed by atoms with Crippen LogP contribution in [0.4, 0.5) is 5.69 Å². The summed E-state index contributed by atoms with van der Waals surface area (Å²) in [6, 6.07) is 4.62. The zero-order chi connectivity index (χ0) is 12.5. The molecule has 0 aliphatic heterocycles. The first-order chi connectivity index (χ1) is 7.99. The minimum Gasteiger partial charge on any atom is -0.284 e. The highest BCUT2D eigenvalue weighted by atomic mass is 35.5. The lowest BCUT2D eigenvalue weighted by atomic mass is 10.2. The SMILES string of the molecule is Cc1cc(Cl)ccc1S(=O)(=O)Nc1cn[nH]c1. The first kappa shape index (κ1) is 11.9. The molecular weight excluding hydrogens is 262 g/mol. The highest BCUT2D eigenvalue weighted by molar-refractivity contribution is 7.92. The van der Waals surface area contributed by atoms with Crippen LogP contribution in [-0.2, 0) is 10.0 Å². The number of nitrogens with zero attached hydrogens (tertiary/aromatic N) is 1. The van der Waals surface area contributed by atoms with E-state index in [2.05, 4.69) is 14.9 Å². The number of nitrogens with one attached hydrogen (secondary N) is 2. The quantitative estimate of drug-likeness (QED) is 0.898. The molecule has 0 atom stereocenters. The summed E-state index contributed by atoms with van der Waals surface area (Å²) in [7, 11) is -3.60. The molecule has 0 aliphatic carbocycles. The van der Waals surface area contributed by atoms with E-state index in [-0.39, 0.29) is 4.90 Å². The van der Waals surface area contributed by atoms with Crippen LogP contribution in [-0.4, -0.2) is 18.6 Å². The number of rotatable bonds is 3. The van der Waals surface area contributed by atoms with E-state index in [1.165, 1.54) is 18.5 Å². The number of aromatic nitrogens is 2. The maximum atomic E-state index is 12.0. The highest BCUT2D eigenvalue weighted by Gasteiger charge is 2.17. The molecule has 2 aromatic rings. The standard InChI is InChI=1S/C10H10ClN3O2S/c1-7-4-8(11)2-3-10(7)17(15,16)14-9-5-12-13-6-9/h2-6,14H,1H3,(H,12,13). The fourth-order valence-electron chi connectivity index (χ4n) is 1.43. The molecule has 7 heteroatoms. The van der Waals surface area contributed by atoms with Crippen molar-refractivity contribution in [3.05, 3.63) is 41.2 Å². The summed E-state index contributed by atoms with van der Waals surface area (Å²) in [6.45, 7) is 1.69. The first-order valence-electron chi connectivity index (χ1n) is 4.77. The Hall–Kier alpha value is -1.53. The Labute approximate surface area is 104 Å².